The number of rotatable bonds is 7. The number of pyridine rings is 1. The molecule has 0 aliphatic rings. The molecule has 2 N–H and O–H groups in total. The molecule has 0 fully saturated rings. The summed E-state index contributed by atoms with van der Waals surface area (Å²) in [7, 11) is 0. The highest BCUT2D eigenvalue weighted by atomic mass is 19.1. The van der Waals surface area contributed by atoms with Gasteiger partial charge in [0.2, 0.25) is 5.91 Å². The molecule has 0 radical (unpaired) electrons. The van der Waals surface area contributed by atoms with E-state index >= 15 is 0 Å². The van der Waals surface area contributed by atoms with Gasteiger partial charge < -0.3 is 15.5 Å². The Balaban J connectivity index is 2.99. The molecular formula is C14H22F2N4O. The van der Waals surface area contributed by atoms with Gasteiger partial charge in [0.05, 0.1) is 6.54 Å². The van der Waals surface area contributed by atoms with Crippen LogP contribution in [-0.2, 0) is 4.79 Å². The molecule has 21 heavy (non-hydrogen) atoms. The molecule has 1 heterocycles. The quantitative estimate of drug-likeness (QED) is 0.810. The van der Waals surface area contributed by atoms with Gasteiger partial charge in [0.25, 0.3) is 0 Å². The molecule has 0 aromatic carbocycles. The first-order chi connectivity index (χ1) is 9.88. The van der Waals surface area contributed by atoms with Crippen molar-refractivity contribution in [3.8, 4) is 0 Å². The van der Waals surface area contributed by atoms with Crippen LogP contribution in [0.3, 0.4) is 0 Å². The van der Waals surface area contributed by atoms with E-state index in [0.717, 1.165) is 6.07 Å². The van der Waals surface area contributed by atoms with Gasteiger partial charge in [0.15, 0.2) is 23.3 Å². The maximum atomic E-state index is 13.9. The minimum absolute atomic E-state index is 0.000418. The Morgan fingerprint density at radius 3 is 2.52 bits per heavy atom. The SMILES string of the molecule is CCNc1nc(N(CC)CC(=O)NC(C)C)c(F)cc1F. The summed E-state index contributed by atoms with van der Waals surface area (Å²) in [6.07, 6.45) is 0. The van der Waals surface area contributed by atoms with Crippen molar-refractivity contribution in [2.75, 3.05) is 29.9 Å². The largest absolute Gasteiger partial charge is 0.368 e. The van der Waals surface area contributed by atoms with Crippen LogP contribution in [0.15, 0.2) is 6.07 Å². The molecule has 0 aliphatic carbocycles. The predicted molar refractivity (Wildman–Crippen MR) is 79.5 cm³/mol. The van der Waals surface area contributed by atoms with Crippen molar-refractivity contribution in [3.05, 3.63) is 17.7 Å². The maximum Gasteiger partial charge on any atom is 0.239 e. The number of hydrogen-bond donors (Lipinski definition) is 2. The van der Waals surface area contributed by atoms with Gasteiger partial charge in [-0.15, -0.1) is 0 Å². The van der Waals surface area contributed by atoms with Crippen LogP contribution in [0.1, 0.15) is 27.7 Å². The predicted octanol–water partition coefficient (Wildman–Crippen LogP) is 2.14. The number of halogens is 2. The third-order valence-corrected chi connectivity index (χ3v) is 2.72. The molecule has 1 rings (SSSR count). The Morgan fingerprint density at radius 2 is 2.00 bits per heavy atom. The smallest absolute Gasteiger partial charge is 0.239 e. The van der Waals surface area contributed by atoms with Crippen LogP contribution in [0, 0.1) is 11.6 Å². The molecule has 0 atom stereocenters. The summed E-state index contributed by atoms with van der Waals surface area (Å²) in [4.78, 5) is 17.2. The van der Waals surface area contributed by atoms with Crippen molar-refractivity contribution in [3.63, 3.8) is 0 Å². The highest BCUT2D eigenvalue weighted by molar-refractivity contribution is 5.81. The number of anilines is 2. The molecule has 1 amide bonds. The lowest BCUT2D eigenvalue weighted by Crippen LogP contribution is -2.40. The van der Waals surface area contributed by atoms with E-state index < -0.39 is 11.6 Å². The zero-order valence-corrected chi connectivity index (χ0v) is 12.8. The molecule has 0 aliphatic heterocycles. The number of aromatic nitrogens is 1. The summed E-state index contributed by atoms with van der Waals surface area (Å²) >= 11 is 0. The monoisotopic (exact) mass is 300 g/mol. The van der Waals surface area contributed by atoms with E-state index in [1.807, 2.05) is 13.8 Å². The molecule has 0 saturated heterocycles. The fourth-order valence-corrected chi connectivity index (χ4v) is 1.85. The summed E-state index contributed by atoms with van der Waals surface area (Å²) in [5.41, 5.74) is 0. The van der Waals surface area contributed by atoms with E-state index in [0.29, 0.717) is 13.1 Å². The standard InChI is InChI=1S/C14H22F2N4O/c1-5-17-13-10(15)7-11(16)14(19-13)20(6-2)8-12(21)18-9(3)4/h7,9H,5-6,8H2,1-4H3,(H,17,19)(H,18,21). The first-order valence-electron chi connectivity index (χ1n) is 7.03. The molecule has 1 aromatic heterocycles. The second kappa shape index (κ2) is 7.75. The summed E-state index contributed by atoms with van der Waals surface area (Å²) < 4.78 is 27.5. The summed E-state index contributed by atoms with van der Waals surface area (Å²) in [5, 5.41) is 5.46. The zero-order chi connectivity index (χ0) is 16.0. The molecule has 0 spiro atoms. The van der Waals surface area contributed by atoms with Crippen molar-refractivity contribution in [2.45, 2.75) is 33.7 Å². The molecule has 0 bridgehead atoms. The zero-order valence-electron chi connectivity index (χ0n) is 12.8. The number of nitrogens with zero attached hydrogens (tertiary/aromatic N) is 2. The number of amides is 1. The summed E-state index contributed by atoms with van der Waals surface area (Å²) in [6, 6.07) is 0.781. The van der Waals surface area contributed by atoms with Crippen molar-refractivity contribution in [1.29, 1.82) is 0 Å². The minimum Gasteiger partial charge on any atom is -0.368 e. The minimum atomic E-state index is -0.784. The second-order valence-corrected chi connectivity index (χ2v) is 4.89. The lowest BCUT2D eigenvalue weighted by atomic mass is 10.3. The first kappa shape index (κ1) is 17.1. The normalized spacial score (nSPS) is 10.6. The van der Waals surface area contributed by atoms with Crippen LogP contribution in [0.25, 0.3) is 0 Å². The second-order valence-electron chi connectivity index (χ2n) is 4.89. The van der Waals surface area contributed by atoms with Gasteiger partial charge >= 0.3 is 0 Å². The molecule has 7 heteroatoms. The molecule has 118 valence electrons. The van der Waals surface area contributed by atoms with Gasteiger partial charge in [-0.1, -0.05) is 0 Å². The third kappa shape index (κ3) is 4.84. The Labute approximate surface area is 123 Å². The topological polar surface area (TPSA) is 57.3 Å². The molecule has 1 aromatic rings. The van der Waals surface area contributed by atoms with Crippen molar-refractivity contribution in [2.24, 2.45) is 0 Å². The Morgan fingerprint density at radius 1 is 1.33 bits per heavy atom. The number of carbonyl (C=O) groups excluding carboxylic acids is 1. The highest BCUT2D eigenvalue weighted by Gasteiger charge is 2.19. The number of likely N-dealkylation sites (N-methyl/N-ethyl adjacent to an activating group) is 1. The van der Waals surface area contributed by atoms with Crippen LogP contribution < -0.4 is 15.5 Å². The Hall–Kier alpha value is -1.92. The van der Waals surface area contributed by atoms with E-state index in [9.17, 15) is 13.6 Å². The molecule has 0 unspecified atom stereocenters. The van der Waals surface area contributed by atoms with Crippen molar-refractivity contribution in [1.82, 2.24) is 10.3 Å². The van der Waals surface area contributed by atoms with E-state index in [2.05, 4.69) is 15.6 Å². The van der Waals surface area contributed by atoms with Crippen LogP contribution in [0.4, 0.5) is 20.4 Å². The van der Waals surface area contributed by atoms with Crippen LogP contribution in [0.2, 0.25) is 0 Å². The Bertz CT molecular complexity index is 494. The summed E-state index contributed by atoms with van der Waals surface area (Å²) in [5.74, 6) is -1.82. The molecule has 5 nitrogen and oxygen atoms in total. The fourth-order valence-electron chi connectivity index (χ4n) is 1.85. The number of nitrogens with one attached hydrogen (secondary N) is 2. The summed E-state index contributed by atoms with van der Waals surface area (Å²) in [6.45, 7) is 8.07. The van der Waals surface area contributed by atoms with Gasteiger partial charge in [-0.3, -0.25) is 4.79 Å². The lowest BCUT2D eigenvalue weighted by Gasteiger charge is -2.23. The average Bonchev–Trinajstić information content (AvgIpc) is 2.39. The van der Waals surface area contributed by atoms with Crippen LogP contribution in [-0.4, -0.2) is 36.6 Å². The van der Waals surface area contributed by atoms with E-state index in [1.165, 1.54) is 4.90 Å². The fraction of sp³-hybridized carbons (Fsp3) is 0.571. The molecule has 0 saturated carbocycles. The van der Waals surface area contributed by atoms with E-state index in [4.69, 9.17) is 0 Å². The maximum absolute atomic E-state index is 13.9. The van der Waals surface area contributed by atoms with E-state index in [1.54, 1.807) is 13.8 Å². The Kier molecular flexibility index (Phi) is 6.33. The third-order valence-electron chi connectivity index (χ3n) is 2.72. The first-order valence-corrected chi connectivity index (χ1v) is 7.03. The van der Waals surface area contributed by atoms with Gasteiger partial charge in [-0.05, 0) is 27.7 Å². The molecular weight excluding hydrogens is 278 g/mol. The van der Waals surface area contributed by atoms with Gasteiger partial charge in [-0.2, -0.15) is 0 Å². The van der Waals surface area contributed by atoms with Crippen LogP contribution in [0.5, 0.6) is 0 Å². The number of carbonyl (C=O) groups is 1. The lowest BCUT2D eigenvalue weighted by molar-refractivity contribution is -0.120. The number of hydrogen-bond acceptors (Lipinski definition) is 4. The highest BCUT2D eigenvalue weighted by Crippen LogP contribution is 2.22. The van der Waals surface area contributed by atoms with Crippen LogP contribution >= 0.6 is 0 Å². The van der Waals surface area contributed by atoms with Gasteiger partial charge in [0.1, 0.15) is 0 Å². The van der Waals surface area contributed by atoms with Gasteiger partial charge in [-0.25, -0.2) is 13.8 Å². The van der Waals surface area contributed by atoms with Crippen molar-refractivity contribution < 1.29 is 13.6 Å². The van der Waals surface area contributed by atoms with E-state index in [-0.39, 0.29) is 30.1 Å². The average molecular weight is 300 g/mol. The van der Waals surface area contributed by atoms with Gasteiger partial charge in [0, 0.05) is 25.2 Å². The van der Waals surface area contributed by atoms with Crippen molar-refractivity contribution >= 4 is 17.5 Å².